The van der Waals surface area contributed by atoms with Gasteiger partial charge >= 0.3 is 0 Å². The topological polar surface area (TPSA) is 142 Å². The van der Waals surface area contributed by atoms with Gasteiger partial charge < -0.3 is 11.1 Å². The number of amides is 1. The Morgan fingerprint density at radius 2 is 1.97 bits per heavy atom. The number of pyridine rings is 1. The number of carbonyl (C=O) groups is 1. The van der Waals surface area contributed by atoms with E-state index in [1.54, 1.807) is 19.9 Å². The number of halogens is 1. The number of nitrogens with two attached hydrogens (primary N) is 1. The van der Waals surface area contributed by atoms with Crippen molar-refractivity contribution in [2.24, 2.45) is 10.7 Å². The molecule has 1 amide bonds. The molecule has 0 saturated carbocycles. The van der Waals surface area contributed by atoms with Gasteiger partial charge in [0.15, 0.2) is 0 Å². The lowest BCUT2D eigenvalue weighted by Crippen LogP contribution is -2.50. The summed E-state index contributed by atoms with van der Waals surface area (Å²) >= 11 is 0. The first kappa shape index (κ1) is 24.3. The summed E-state index contributed by atoms with van der Waals surface area (Å²) in [5, 5.41) is 11.6. The molecule has 0 radical (unpaired) electrons. The number of aromatic nitrogens is 1. The number of aryl methyl sites for hydroxylation is 1. The number of rotatable bonds is 3. The minimum Gasteiger partial charge on any atom is -0.386 e. The van der Waals surface area contributed by atoms with Crippen molar-refractivity contribution < 1.29 is 17.6 Å². The van der Waals surface area contributed by atoms with Crippen molar-refractivity contribution in [3.63, 3.8) is 0 Å². The molecule has 11 heteroatoms. The summed E-state index contributed by atoms with van der Waals surface area (Å²) in [6, 6.07) is 7.46. The molecule has 3 rings (SSSR count). The van der Waals surface area contributed by atoms with Gasteiger partial charge in [0.1, 0.15) is 33.7 Å². The highest BCUT2D eigenvalue weighted by Gasteiger charge is 2.48. The summed E-state index contributed by atoms with van der Waals surface area (Å²) in [5.41, 5.74) is 6.03. The molecule has 0 bridgehead atoms. The predicted molar refractivity (Wildman–Crippen MR) is 123 cm³/mol. The van der Waals surface area contributed by atoms with E-state index in [0.717, 1.165) is 4.31 Å². The maximum Gasteiger partial charge on any atom is 0.274 e. The standard InChI is InChI=1S/C22H25FN6O3S/c1-13-8-14(10-24)11-26-18(13)19(30)27-15-6-7-17(23)16(9-15)22(4)12-29(5)33(31,32)21(2,3)20(25)28-22/h6-9,11H,12H2,1-5H3,(H2,25,28)(H,27,30)/t22-/m0/s1. The summed E-state index contributed by atoms with van der Waals surface area (Å²) in [6.07, 6.45) is 1.29. The van der Waals surface area contributed by atoms with Gasteiger partial charge in [0.25, 0.3) is 5.91 Å². The van der Waals surface area contributed by atoms with Crippen molar-refractivity contribution in [3.8, 4) is 6.07 Å². The van der Waals surface area contributed by atoms with Crippen LogP contribution < -0.4 is 11.1 Å². The number of nitriles is 1. The van der Waals surface area contributed by atoms with Crippen molar-refractivity contribution in [3.05, 3.63) is 58.7 Å². The van der Waals surface area contributed by atoms with Crippen LogP contribution in [-0.2, 0) is 15.6 Å². The van der Waals surface area contributed by atoms with E-state index in [4.69, 9.17) is 11.0 Å². The lowest BCUT2D eigenvalue weighted by atomic mass is 9.91. The van der Waals surface area contributed by atoms with Gasteiger partial charge in [-0.15, -0.1) is 0 Å². The normalized spacial score (nSPS) is 22.0. The average Bonchev–Trinajstić information content (AvgIpc) is 2.77. The summed E-state index contributed by atoms with van der Waals surface area (Å²) in [7, 11) is -2.44. The van der Waals surface area contributed by atoms with Crippen LogP contribution in [0, 0.1) is 24.1 Å². The molecule has 0 saturated heterocycles. The van der Waals surface area contributed by atoms with E-state index >= 15 is 0 Å². The Bertz CT molecular complexity index is 1320. The first-order valence-corrected chi connectivity index (χ1v) is 11.5. The van der Waals surface area contributed by atoms with Crippen molar-refractivity contribution in [1.82, 2.24) is 9.29 Å². The van der Waals surface area contributed by atoms with Gasteiger partial charge in [-0.3, -0.25) is 9.79 Å². The van der Waals surface area contributed by atoms with Crippen LogP contribution in [-0.4, -0.2) is 47.8 Å². The number of aliphatic imine (C=N–C) groups is 1. The maximum absolute atomic E-state index is 14.9. The fourth-order valence-electron chi connectivity index (χ4n) is 3.70. The van der Waals surface area contributed by atoms with Crippen LogP contribution in [0.25, 0.3) is 0 Å². The lowest BCUT2D eigenvalue weighted by Gasteiger charge is -2.29. The molecule has 9 nitrogen and oxygen atoms in total. The molecule has 1 aromatic carbocycles. The Hall–Kier alpha value is -3.36. The van der Waals surface area contributed by atoms with Crippen LogP contribution >= 0.6 is 0 Å². The summed E-state index contributed by atoms with van der Waals surface area (Å²) in [6.45, 7) is 5.99. The molecule has 33 heavy (non-hydrogen) atoms. The van der Waals surface area contributed by atoms with Crippen LogP contribution in [0.5, 0.6) is 0 Å². The largest absolute Gasteiger partial charge is 0.386 e. The third-order valence-electron chi connectivity index (χ3n) is 5.80. The van der Waals surface area contributed by atoms with Gasteiger partial charge in [-0.2, -0.15) is 5.26 Å². The molecule has 0 unspecified atom stereocenters. The van der Waals surface area contributed by atoms with E-state index in [9.17, 15) is 17.6 Å². The number of carbonyl (C=O) groups excluding carboxylic acids is 1. The quantitative estimate of drug-likeness (QED) is 0.702. The molecule has 1 aliphatic heterocycles. The highest BCUT2D eigenvalue weighted by Crippen LogP contribution is 2.36. The predicted octanol–water partition coefficient (Wildman–Crippen LogP) is 2.28. The van der Waals surface area contributed by atoms with Gasteiger partial charge in [-0.05, 0) is 57.5 Å². The fourth-order valence-corrected chi connectivity index (χ4v) is 5.21. The molecule has 0 aliphatic carbocycles. The summed E-state index contributed by atoms with van der Waals surface area (Å²) in [4.78, 5) is 21.2. The number of anilines is 1. The fraction of sp³-hybridized carbons (Fsp3) is 0.364. The van der Waals surface area contributed by atoms with Crippen molar-refractivity contribution >= 4 is 27.5 Å². The van der Waals surface area contributed by atoms with Gasteiger partial charge in [-0.1, -0.05) is 0 Å². The molecule has 3 N–H and O–H groups in total. The Morgan fingerprint density at radius 1 is 1.30 bits per heavy atom. The van der Waals surface area contributed by atoms with E-state index in [1.807, 2.05) is 6.07 Å². The first-order valence-electron chi connectivity index (χ1n) is 10.0. The minimum atomic E-state index is -3.84. The Morgan fingerprint density at radius 3 is 2.58 bits per heavy atom. The van der Waals surface area contributed by atoms with E-state index in [2.05, 4.69) is 15.3 Å². The number of hydrogen-bond donors (Lipinski definition) is 2. The molecule has 0 fully saturated rings. The Balaban J connectivity index is 2.02. The number of amidine groups is 1. The lowest BCUT2D eigenvalue weighted by molar-refractivity contribution is 0.102. The molecule has 1 aromatic heterocycles. The molecule has 2 heterocycles. The second kappa shape index (κ2) is 8.20. The van der Waals surface area contributed by atoms with Gasteiger partial charge in [-0.25, -0.2) is 22.1 Å². The maximum atomic E-state index is 14.9. The van der Waals surface area contributed by atoms with E-state index < -0.39 is 32.0 Å². The zero-order valence-corrected chi connectivity index (χ0v) is 19.8. The number of nitrogens with zero attached hydrogens (tertiary/aromatic N) is 4. The second-order valence-electron chi connectivity index (χ2n) is 8.69. The molecular formula is C22H25FN6O3S. The average molecular weight is 473 g/mol. The van der Waals surface area contributed by atoms with Crippen LogP contribution in [0.1, 0.15) is 48.0 Å². The van der Waals surface area contributed by atoms with Crippen LogP contribution in [0.2, 0.25) is 0 Å². The van der Waals surface area contributed by atoms with E-state index in [1.165, 1.54) is 45.3 Å². The number of benzene rings is 1. The molecular weight excluding hydrogens is 447 g/mol. The monoisotopic (exact) mass is 472 g/mol. The van der Waals surface area contributed by atoms with Crippen LogP contribution in [0.15, 0.2) is 35.5 Å². The first-order chi connectivity index (χ1) is 15.2. The van der Waals surface area contributed by atoms with E-state index in [0.29, 0.717) is 11.1 Å². The number of nitrogens with one attached hydrogen (secondary N) is 1. The van der Waals surface area contributed by atoms with Crippen LogP contribution in [0.4, 0.5) is 10.1 Å². The van der Waals surface area contributed by atoms with Gasteiger partial charge in [0, 0.05) is 31.0 Å². The SMILES string of the molecule is Cc1cc(C#N)cnc1C(=O)Nc1ccc(F)c([C@]2(C)CN(C)S(=O)(=O)C(C)(C)C(N)=N2)c1. The summed E-state index contributed by atoms with van der Waals surface area (Å²) < 4.78 is 40.4. The minimum absolute atomic E-state index is 0.0764. The molecule has 2 aromatic rings. The summed E-state index contributed by atoms with van der Waals surface area (Å²) in [5.74, 6) is -1.30. The molecule has 1 atom stereocenters. The van der Waals surface area contributed by atoms with Gasteiger partial charge in [0.2, 0.25) is 10.0 Å². The van der Waals surface area contributed by atoms with E-state index in [-0.39, 0.29) is 29.3 Å². The second-order valence-corrected chi connectivity index (χ2v) is 11.3. The Labute approximate surface area is 192 Å². The third kappa shape index (κ3) is 4.19. The third-order valence-corrected chi connectivity index (χ3v) is 8.25. The number of hydrogen-bond acceptors (Lipinski definition) is 7. The van der Waals surface area contributed by atoms with Crippen molar-refractivity contribution in [2.75, 3.05) is 18.9 Å². The number of sulfonamides is 1. The highest BCUT2D eigenvalue weighted by atomic mass is 32.2. The highest BCUT2D eigenvalue weighted by molar-refractivity contribution is 7.91. The smallest absolute Gasteiger partial charge is 0.274 e. The Kier molecular flexibility index (Phi) is 6.04. The van der Waals surface area contributed by atoms with Crippen LogP contribution in [0.3, 0.4) is 0 Å². The molecule has 0 spiro atoms. The molecule has 1 aliphatic rings. The zero-order chi connectivity index (χ0) is 24.8. The zero-order valence-electron chi connectivity index (χ0n) is 19.0. The van der Waals surface area contributed by atoms with Crippen molar-refractivity contribution in [1.29, 1.82) is 5.26 Å². The number of likely N-dealkylation sites (N-methyl/N-ethyl adjacent to an activating group) is 1. The van der Waals surface area contributed by atoms with Gasteiger partial charge in [0.05, 0.1) is 5.56 Å². The molecule has 174 valence electrons. The van der Waals surface area contributed by atoms with Crippen molar-refractivity contribution in [2.45, 2.75) is 38.0 Å².